The standard InChI is InChI=1S/C23H40N4O3/c1-4-17(2)30-22(29)26-15-23(16-26)10-7-19(14-23)25-12-8-18(9-13-25)20-6-5-11-27(20)21(28)24-3/h17-20H,4-16H2,1-3H3,(H,24,28)/t17?,19?,20-/m0/s1. The zero-order chi connectivity index (χ0) is 21.3. The summed E-state index contributed by atoms with van der Waals surface area (Å²) in [4.78, 5) is 31.1. The molecule has 1 spiro atoms. The van der Waals surface area contributed by atoms with Crippen molar-refractivity contribution in [1.82, 2.24) is 20.0 Å². The summed E-state index contributed by atoms with van der Waals surface area (Å²) in [5.74, 6) is 0.644. The highest BCUT2D eigenvalue weighted by Crippen LogP contribution is 2.48. The van der Waals surface area contributed by atoms with Crippen LogP contribution < -0.4 is 5.32 Å². The number of hydrogen-bond donors (Lipinski definition) is 1. The van der Waals surface area contributed by atoms with Crippen LogP contribution in [0.5, 0.6) is 0 Å². The van der Waals surface area contributed by atoms with Gasteiger partial charge in [0, 0.05) is 44.2 Å². The second kappa shape index (κ2) is 8.93. The van der Waals surface area contributed by atoms with E-state index in [1.807, 2.05) is 18.7 Å². The van der Waals surface area contributed by atoms with Crippen LogP contribution in [-0.2, 0) is 4.74 Å². The van der Waals surface area contributed by atoms with Crippen molar-refractivity contribution in [2.45, 2.75) is 83.4 Å². The fraction of sp³-hybridized carbons (Fsp3) is 0.913. The lowest BCUT2D eigenvalue weighted by Crippen LogP contribution is -2.58. The van der Waals surface area contributed by atoms with E-state index in [2.05, 4.69) is 15.1 Å². The Morgan fingerprint density at radius 3 is 2.53 bits per heavy atom. The van der Waals surface area contributed by atoms with Crippen LogP contribution in [0.3, 0.4) is 0 Å². The molecule has 3 heterocycles. The van der Waals surface area contributed by atoms with Crippen LogP contribution in [-0.4, -0.2) is 84.8 Å². The summed E-state index contributed by atoms with van der Waals surface area (Å²) < 4.78 is 5.49. The molecule has 3 amide bonds. The zero-order valence-corrected chi connectivity index (χ0v) is 19.1. The first-order valence-corrected chi connectivity index (χ1v) is 12.1. The van der Waals surface area contributed by atoms with E-state index in [1.54, 1.807) is 7.05 Å². The number of carbonyl (C=O) groups excluding carboxylic acids is 2. The molecule has 1 N–H and O–H groups in total. The van der Waals surface area contributed by atoms with Crippen molar-refractivity contribution < 1.29 is 14.3 Å². The van der Waals surface area contributed by atoms with Gasteiger partial charge in [-0.1, -0.05) is 6.92 Å². The first-order chi connectivity index (χ1) is 14.4. The molecule has 1 aliphatic carbocycles. The van der Waals surface area contributed by atoms with E-state index in [1.165, 1.54) is 32.1 Å². The summed E-state index contributed by atoms with van der Waals surface area (Å²) in [6, 6.07) is 1.19. The topological polar surface area (TPSA) is 65.1 Å². The Labute approximate surface area is 181 Å². The minimum Gasteiger partial charge on any atom is -0.446 e. The summed E-state index contributed by atoms with van der Waals surface area (Å²) in [5.41, 5.74) is 0.331. The van der Waals surface area contributed by atoms with Gasteiger partial charge in [-0.2, -0.15) is 0 Å². The Morgan fingerprint density at radius 1 is 1.13 bits per heavy atom. The number of nitrogens with one attached hydrogen (secondary N) is 1. The Morgan fingerprint density at radius 2 is 1.87 bits per heavy atom. The van der Waals surface area contributed by atoms with Crippen LogP contribution in [0.2, 0.25) is 0 Å². The van der Waals surface area contributed by atoms with E-state index in [-0.39, 0.29) is 18.2 Å². The minimum atomic E-state index is -0.128. The molecule has 0 radical (unpaired) electrons. The van der Waals surface area contributed by atoms with E-state index in [0.717, 1.165) is 52.0 Å². The number of likely N-dealkylation sites (tertiary alicyclic amines) is 3. The van der Waals surface area contributed by atoms with Gasteiger partial charge >= 0.3 is 12.1 Å². The first kappa shape index (κ1) is 21.7. The van der Waals surface area contributed by atoms with Crippen molar-refractivity contribution >= 4 is 12.1 Å². The van der Waals surface area contributed by atoms with Crippen molar-refractivity contribution in [3.63, 3.8) is 0 Å². The maximum Gasteiger partial charge on any atom is 0.410 e. The number of carbonyl (C=O) groups is 2. The lowest BCUT2D eigenvalue weighted by Gasteiger charge is -2.48. The van der Waals surface area contributed by atoms with Crippen LogP contribution >= 0.6 is 0 Å². The average Bonchev–Trinajstić information content (AvgIpc) is 3.40. The Balaban J connectivity index is 1.22. The maximum atomic E-state index is 12.2. The van der Waals surface area contributed by atoms with Crippen LogP contribution in [0.15, 0.2) is 0 Å². The fourth-order valence-electron chi connectivity index (χ4n) is 6.35. The highest BCUT2D eigenvalue weighted by Gasteiger charge is 2.51. The van der Waals surface area contributed by atoms with Gasteiger partial charge in [0.25, 0.3) is 0 Å². The van der Waals surface area contributed by atoms with Gasteiger partial charge in [0.15, 0.2) is 0 Å². The summed E-state index contributed by atoms with van der Waals surface area (Å²) >= 11 is 0. The summed E-state index contributed by atoms with van der Waals surface area (Å²) in [7, 11) is 1.74. The predicted octanol–water partition coefficient (Wildman–Crippen LogP) is 3.29. The molecule has 1 saturated carbocycles. The van der Waals surface area contributed by atoms with Crippen LogP contribution in [0.25, 0.3) is 0 Å². The number of amides is 3. The summed E-state index contributed by atoms with van der Waals surface area (Å²) in [6.07, 6.45) is 9.16. The van der Waals surface area contributed by atoms with Crippen molar-refractivity contribution in [1.29, 1.82) is 0 Å². The van der Waals surface area contributed by atoms with Gasteiger partial charge < -0.3 is 24.8 Å². The van der Waals surface area contributed by atoms with E-state index in [4.69, 9.17) is 4.74 Å². The highest BCUT2D eigenvalue weighted by molar-refractivity contribution is 5.74. The van der Waals surface area contributed by atoms with Gasteiger partial charge in [0.2, 0.25) is 0 Å². The SMILES string of the molecule is CCC(C)OC(=O)N1CC2(CCC(N3CCC([C@@H]4CCCN4C(=O)NC)CC3)C2)C1. The molecule has 2 unspecified atom stereocenters. The zero-order valence-electron chi connectivity index (χ0n) is 19.1. The molecule has 170 valence electrons. The minimum absolute atomic E-state index is 0.00543. The van der Waals surface area contributed by atoms with Crippen molar-refractivity contribution in [3.8, 4) is 0 Å². The van der Waals surface area contributed by atoms with Gasteiger partial charge in [0.05, 0.1) is 0 Å². The smallest absolute Gasteiger partial charge is 0.410 e. The van der Waals surface area contributed by atoms with Gasteiger partial charge in [-0.05, 0) is 77.3 Å². The highest BCUT2D eigenvalue weighted by atomic mass is 16.6. The van der Waals surface area contributed by atoms with Crippen LogP contribution in [0.1, 0.15) is 65.2 Å². The van der Waals surface area contributed by atoms with Crippen molar-refractivity contribution in [3.05, 3.63) is 0 Å². The lowest BCUT2D eigenvalue weighted by molar-refractivity contribution is -0.0171. The number of piperidine rings is 1. The molecule has 7 nitrogen and oxygen atoms in total. The maximum absolute atomic E-state index is 12.2. The second-order valence-corrected chi connectivity index (χ2v) is 10.2. The molecule has 7 heteroatoms. The van der Waals surface area contributed by atoms with E-state index < -0.39 is 0 Å². The quantitative estimate of drug-likeness (QED) is 0.758. The normalized spacial score (nSPS) is 30.4. The molecule has 0 bridgehead atoms. The van der Waals surface area contributed by atoms with Crippen molar-refractivity contribution in [2.24, 2.45) is 11.3 Å². The molecular formula is C23H40N4O3. The van der Waals surface area contributed by atoms with E-state index in [0.29, 0.717) is 23.4 Å². The molecular weight excluding hydrogens is 380 g/mol. The predicted molar refractivity (Wildman–Crippen MR) is 116 cm³/mol. The molecule has 0 aromatic rings. The Hall–Kier alpha value is -1.50. The second-order valence-electron chi connectivity index (χ2n) is 10.2. The summed E-state index contributed by atoms with van der Waals surface area (Å²) in [5, 5.41) is 2.82. The third kappa shape index (κ3) is 4.27. The Kier molecular flexibility index (Phi) is 6.47. The number of hydrogen-bond acceptors (Lipinski definition) is 4. The molecule has 3 aliphatic heterocycles. The van der Waals surface area contributed by atoms with Gasteiger partial charge in [-0.3, -0.25) is 0 Å². The molecule has 4 rings (SSSR count). The lowest BCUT2D eigenvalue weighted by atomic mass is 9.78. The van der Waals surface area contributed by atoms with Gasteiger partial charge in [-0.15, -0.1) is 0 Å². The molecule has 3 atom stereocenters. The fourth-order valence-corrected chi connectivity index (χ4v) is 6.35. The molecule has 3 saturated heterocycles. The first-order valence-electron chi connectivity index (χ1n) is 12.1. The van der Waals surface area contributed by atoms with Crippen LogP contribution in [0.4, 0.5) is 9.59 Å². The molecule has 0 aromatic heterocycles. The Bertz CT molecular complexity index is 628. The molecule has 30 heavy (non-hydrogen) atoms. The number of rotatable bonds is 4. The van der Waals surface area contributed by atoms with Crippen LogP contribution in [0, 0.1) is 11.3 Å². The van der Waals surface area contributed by atoms with E-state index >= 15 is 0 Å². The summed E-state index contributed by atoms with van der Waals surface area (Å²) in [6.45, 7) is 8.97. The molecule has 4 fully saturated rings. The number of nitrogens with zero attached hydrogens (tertiary/aromatic N) is 3. The third-order valence-corrected chi connectivity index (χ3v) is 8.27. The molecule has 4 aliphatic rings. The van der Waals surface area contributed by atoms with Gasteiger partial charge in [0.1, 0.15) is 6.10 Å². The largest absolute Gasteiger partial charge is 0.446 e. The molecule has 0 aromatic carbocycles. The monoisotopic (exact) mass is 420 g/mol. The number of urea groups is 1. The van der Waals surface area contributed by atoms with E-state index in [9.17, 15) is 9.59 Å². The average molecular weight is 421 g/mol. The van der Waals surface area contributed by atoms with Crippen molar-refractivity contribution in [2.75, 3.05) is 39.8 Å². The number of ether oxygens (including phenoxy) is 1. The van der Waals surface area contributed by atoms with Gasteiger partial charge in [-0.25, -0.2) is 9.59 Å². The third-order valence-electron chi connectivity index (χ3n) is 8.27.